The first kappa shape index (κ1) is 9.36. The minimum Gasteiger partial charge on any atom is -0.444 e. The highest BCUT2D eigenvalue weighted by atomic mass is 16.6. The van der Waals surface area contributed by atoms with Gasteiger partial charge in [0.2, 0.25) is 0 Å². The Bertz CT molecular complexity index is 170. The van der Waals surface area contributed by atoms with E-state index in [0.29, 0.717) is 0 Å². The van der Waals surface area contributed by atoms with Gasteiger partial charge in [0.1, 0.15) is 6.10 Å². The summed E-state index contributed by atoms with van der Waals surface area (Å²) in [6, 6.07) is 0.289. The van der Waals surface area contributed by atoms with Crippen molar-refractivity contribution in [2.45, 2.75) is 45.3 Å². The van der Waals surface area contributed by atoms with Gasteiger partial charge in [0.05, 0.1) is 6.04 Å². The Morgan fingerprint density at radius 2 is 2.25 bits per heavy atom. The Balaban J connectivity index is 2.45. The van der Waals surface area contributed by atoms with Crippen molar-refractivity contribution in [1.29, 1.82) is 0 Å². The second kappa shape index (κ2) is 3.78. The van der Waals surface area contributed by atoms with Crippen LogP contribution in [-0.2, 0) is 4.74 Å². The average molecular weight is 171 g/mol. The molecule has 0 saturated carbocycles. The highest BCUT2D eigenvalue weighted by molar-refractivity contribution is 5.70. The van der Waals surface area contributed by atoms with E-state index in [-0.39, 0.29) is 18.2 Å². The molecule has 1 amide bonds. The zero-order valence-electron chi connectivity index (χ0n) is 8.04. The van der Waals surface area contributed by atoms with Crippen LogP contribution in [0.15, 0.2) is 0 Å². The van der Waals surface area contributed by atoms with Gasteiger partial charge in [0.25, 0.3) is 0 Å². The molecule has 0 aromatic heterocycles. The molecule has 0 radical (unpaired) electrons. The van der Waals surface area contributed by atoms with Gasteiger partial charge < -0.3 is 9.64 Å². The zero-order chi connectivity index (χ0) is 9.14. The van der Waals surface area contributed by atoms with Gasteiger partial charge >= 0.3 is 6.09 Å². The molecule has 1 aliphatic heterocycles. The molecule has 0 N–H and O–H groups in total. The van der Waals surface area contributed by atoms with Gasteiger partial charge in [0, 0.05) is 7.05 Å². The third kappa shape index (κ3) is 1.71. The minimum atomic E-state index is -0.177. The molecule has 12 heavy (non-hydrogen) atoms. The lowest BCUT2D eigenvalue weighted by Gasteiger charge is -2.18. The van der Waals surface area contributed by atoms with Crippen LogP contribution in [-0.4, -0.2) is 30.2 Å². The van der Waals surface area contributed by atoms with E-state index in [1.807, 2.05) is 14.0 Å². The molecule has 1 rings (SSSR count). The smallest absolute Gasteiger partial charge is 0.410 e. The monoisotopic (exact) mass is 171 g/mol. The highest BCUT2D eigenvalue weighted by Gasteiger charge is 2.35. The quantitative estimate of drug-likeness (QED) is 0.650. The number of amides is 1. The largest absolute Gasteiger partial charge is 0.444 e. The third-order valence-electron chi connectivity index (χ3n) is 2.47. The Labute approximate surface area is 73.7 Å². The first-order chi connectivity index (χ1) is 5.66. The maximum absolute atomic E-state index is 11.1. The number of nitrogens with zero attached hydrogens (tertiary/aromatic N) is 1. The maximum atomic E-state index is 11.1. The summed E-state index contributed by atoms with van der Waals surface area (Å²) in [7, 11) is 1.81. The summed E-state index contributed by atoms with van der Waals surface area (Å²) in [6.07, 6.45) is 3.28. The molecule has 0 spiro atoms. The van der Waals surface area contributed by atoms with Gasteiger partial charge in [-0.05, 0) is 13.3 Å². The number of rotatable bonds is 3. The molecule has 3 heteroatoms. The Kier molecular flexibility index (Phi) is 2.95. The molecule has 70 valence electrons. The Morgan fingerprint density at radius 3 is 2.67 bits per heavy atom. The molecule has 0 aliphatic carbocycles. The maximum Gasteiger partial charge on any atom is 0.410 e. The normalized spacial score (nSPS) is 29.2. The summed E-state index contributed by atoms with van der Waals surface area (Å²) < 4.78 is 5.07. The van der Waals surface area contributed by atoms with E-state index >= 15 is 0 Å². The number of cyclic esters (lactones) is 1. The fourth-order valence-corrected chi connectivity index (χ4v) is 1.61. The molecule has 0 aromatic rings. The second-order valence-corrected chi connectivity index (χ2v) is 3.41. The van der Waals surface area contributed by atoms with Crippen molar-refractivity contribution in [3.05, 3.63) is 0 Å². The van der Waals surface area contributed by atoms with Gasteiger partial charge in [0.15, 0.2) is 0 Å². The molecule has 1 saturated heterocycles. The van der Waals surface area contributed by atoms with Crippen LogP contribution in [0.3, 0.4) is 0 Å². The summed E-state index contributed by atoms with van der Waals surface area (Å²) in [5, 5.41) is 0. The second-order valence-electron chi connectivity index (χ2n) is 3.41. The number of likely N-dealkylation sites (N-methyl/N-ethyl adjacent to an activating group) is 1. The van der Waals surface area contributed by atoms with Crippen molar-refractivity contribution in [2.75, 3.05) is 7.05 Å². The van der Waals surface area contributed by atoms with Crippen molar-refractivity contribution in [3.63, 3.8) is 0 Å². The van der Waals surface area contributed by atoms with Crippen LogP contribution in [0.1, 0.15) is 33.1 Å². The standard InChI is InChI=1S/C9H17NO2/c1-4-5-6-8-7(2)12-9(11)10(8)3/h7-8H,4-6H2,1-3H3/t7-,8-/m1/s1. The number of carbonyl (C=O) groups excluding carboxylic acids is 1. The van der Waals surface area contributed by atoms with E-state index in [9.17, 15) is 4.79 Å². The van der Waals surface area contributed by atoms with Gasteiger partial charge in [-0.15, -0.1) is 0 Å². The molecule has 3 nitrogen and oxygen atoms in total. The number of hydrogen-bond donors (Lipinski definition) is 0. The lowest BCUT2D eigenvalue weighted by atomic mass is 10.1. The first-order valence-electron chi connectivity index (χ1n) is 4.60. The lowest BCUT2D eigenvalue weighted by Crippen LogP contribution is -2.32. The summed E-state index contributed by atoms with van der Waals surface area (Å²) in [5.74, 6) is 0. The number of ether oxygens (including phenoxy) is 1. The third-order valence-corrected chi connectivity index (χ3v) is 2.47. The molecule has 1 fully saturated rings. The Morgan fingerprint density at radius 1 is 1.58 bits per heavy atom. The number of unbranched alkanes of at least 4 members (excludes halogenated alkanes) is 1. The van der Waals surface area contributed by atoms with Crippen LogP contribution in [0, 0.1) is 0 Å². The summed E-state index contributed by atoms with van der Waals surface area (Å²) >= 11 is 0. The van der Waals surface area contributed by atoms with Gasteiger partial charge in [-0.1, -0.05) is 19.8 Å². The molecule has 0 aromatic carbocycles. The van der Waals surface area contributed by atoms with Crippen molar-refractivity contribution >= 4 is 6.09 Å². The lowest BCUT2D eigenvalue weighted by molar-refractivity contribution is 0.137. The van der Waals surface area contributed by atoms with Gasteiger partial charge in [-0.25, -0.2) is 4.79 Å². The first-order valence-corrected chi connectivity index (χ1v) is 4.60. The van der Waals surface area contributed by atoms with Crippen LogP contribution in [0.25, 0.3) is 0 Å². The van der Waals surface area contributed by atoms with Crippen molar-refractivity contribution < 1.29 is 9.53 Å². The average Bonchev–Trinajstić information content (AvgIpc) is 2.25. The molecular formula is C9H17NO2. The predicted octanol–water partition coefficient (Wildman–Crippen LogP) is 2.02. The number of hydrogen-bond acceptors (Lipinski definition) is 2. The molecule has 1 heterocycles. The molecule has 1 aliphatic rings. The van der Waals surface area contributed by atoms with Crippen LogP contribution in [0.4, 0.5) is 4.79 Å². The van der Waals surface area contributed by atoms with E-state index < -0.39 is 0 Å². The van der Waals surface area contributed by atoms with E-state index in [0.717, 1.165) is 12.8 Å². The van der Waals surface area contributed by atoms with Crippen molar-refractivity contribution in [3.8, 4) is 0 Å². The molecule has 0 unspecified atom stereocenters. The highest BCUT2D eigenvalue weighted by Crippen LogP contribution is 2.21. The van der Waals surface area contributed by atoms with E-state index in [2.05, 4.69) is 6.92 Å². The van der Waals surface area contributed by atoms with E-state index in [1.54, 1.807) is 4.90 Å². The SMILES string of the molecule is CCCC[C@@H]1[C@@H](C)OC(=O)N1C. The topological polar surface area (TPSA) is 29.5 Å². The van der Waals surface area contributed by atoms with E-state index in [1.165, 1.54) is 6.42 Å². The van der Waals surface area contributed by atoms with Gasteiger partial charge in [-0.3, -0.25) is 0 Å². The minimum absolute atomic E-state index is 0.0639. The summed E-state index contributed by atoms with van der Waals surface area (Å²) in [5.41, 5.74) is 0. The van der Waals surface area contributed by atoms with Crippen molar-refractivity contribution in [2.24, 2.45) is 0 Å². The van der Waals surface area contributed by atoms with Crippen LogP contribution in [0.5, 0.6) is 0 Å². The van der Waals surface area contributed by atoms with Crippen LogP contribution in [0.2, 0.25) is 0 Å². The van der Waals surface area contributed by atoms with Crippen LogP contribution >= 0.6 is 0 Å². The van der Waals surface area contributed by atoms with Gasteiger partial charge in [-0.2, -0.15) is 0 Å². The fourth-order valence-electron chi connectivity index (χ4n) is 1.61. The summed E-state index contributed by atoms with van der Waals surface area (Å²) in [6.45, 7) is 4.12. The van der Waals surface area contributed by atoms with Crippen molar-refractivity contribution in [1.82, 2.24) is 4.90 Å². The predicted molar refractivity (Wildman–Crippen MR) is 47.0 cm³/mol. The molecule has 0 bridgehead atoms. The van der Waals surface area contributed by atoms with E-state index in [4.69, 9.17) is 4.74 Å². The van der Waals surface area contributed by atoms with Crippen LogP contribution < -0.4 is 0 Å². The number of carbonyl (C=O) groups is 1. The molecule has 2 atom stereocenters. The Hall–Kier alpha value is -0.730. The fraction of sp³-hybridized carbons (Fsp3) is 0.889. The zero-order valence-corrected chi connectivity index (χ0v) is 8.04. The molecular weight excluding hydrogens is 154 g/mol. The summed E-state index contributed by atoms with van der Waals surface area (Å²) in [4.78, 5) is 12.8.